The van der Waals surface area contributed by atoms with Gasteiger partial charge in [-0.3, -0.25) is 9.59 Å². The van der Waals surface area contributed by atoms with Crippen molar-refractivity contribution in [1.29, 1.82) is 0 Å². The lowest BCUT2D eigenvalue weighted by Gasteiger charge is -2.21. The molecule has 2 N–H and O–H groups in total. The number of carboxylic acids is 1. The summed E-state index contributed by atoms with van der Waals surface area (Å²) in [6, 6.07) is 23.3. The van der Waals surface area contributed by atoms with Gasteiger partial charge in [0.2, 0.25) is 0 Å². The Labute approximate surface area is 194 Å². The van der Waals surface area contributed by atoms with Gasteiger partial charge in [0.15, 0.2) is 9.84 Å². The van der Waals surface area contributed by atoms with Crippen molar-refractivity contribution in [3.05, 3.63) is 90.0 Å². The van der Waals surface area contributed by atoms with Crippen LogP contribution in [0.15, 0.2) is 83.8 Å². The summed E-state index contributed by atoms with van der Waals surface area (Å²) < 4.78 is 23.6. The van der Waals surface area contributed by atoms with Gasteiger partial charge in [-0.05, 0) is 47.7 Å². The molecule has 0 bridgehead atoms. The van der Waals surface area contributed by atoms with Gasteiger partial charge in [-0.2, -0.15) is 0 Å². The average molecular weight is 466 g/mol. The fourth-order valence-electron chi connectivity index (χ4n) is 3.61. The Morgan fingerprint density at radius 3 is 2.15 bits per heavy atom. The summed E-state index contributed by atoms with van der Waals surface area (Å²) in [5, 5.41) is 12.3. The second kappa shape index (κ2) is 10.4. The molecule has 0 aliphatic carbocycles. The van der Waals surface area contributed by atoms with Gasteiger partial charge < -0.3 is 10.4 Å². The number of rotatable bonds is 9. The maximum atomic E-state index is 12.9. The average Bonchev–Trinajstić information content (AvgIpc) is 2.79. The highest BCUT2D eigenvalue weighted by Gasteiger charge is 2.22. The number of hydrogen-bond donors (Lipinski definition) is 2. The second-order valence-electron chi connectivity index (χ2n) is 8.21. The normalized spacial score (nSPS) is 13.2. The van der Waals surface area contributed by atoms with Crippen LogP contribution in [0, 0.1) is 5.92 Å². The molecule has 3 rings (SSSR count). The lowest BCUT2D eigenvalue weighted by molar-refractivity contribution is -0.141. The first-order valence-electron chi connectivity index (χ1n) is 10.6. The van der Waals surface area contributed by atoms with Crippen LogP contribution in [0.4, 0.5) is 0 Å². The van der Waals surface area contributed by atoms with Crippen LogP contribution in [0.25, 0.3) is 11.1 Å². The zero-order valence-corrected chi connectivity index (χ0v) is 19.4. The Bertz CT molecular complexity index is 1220. The maximum Gasteiger partial charge on any atom is 0.306 e. The summed E-state index contributed by atoms with van der Waals surface area (Å²) in [6.07, 6.45) is 1.78. The molecule has 0 saturated carbocycles. The third-order valence-corrected chi connectivity index (χ3v) is 6.57. The van der Waals surface area contributed by atoms with Gasteiger partial charge in [-0.1, -0.05) is 67.6 Å². The number of sulfone groups is 1. The smallest absolute Gasteiger partial charge is 0.306 e. The predicted molar refractivity (Wildman–Crippen MR) is 128 cm³/mol. The predicted octanol–water partition coefficient (Wildman–Crippen LogP) is 4.21. The van der Waals surface area contributed by atoms with E-state index in [1.807, 2.05) is 54.6 Å². The van der Waals surface area contributed by atoms with Crippen molar-refractivity contribution in [2.45, 2.75) is 30.7 Å². The Hall–Kier alpha value is -3.45. The number of carboxylic acid groups (broad SMARTS) is 1. The maximum absolute atomic E-state index is 12.9. The van der Waals surface area contributed by atoms with E-state index in [1.165, 1.54) is 24.3 Å². The van der Waals surface area contributed by atoms with Crippen LogP contribution >= 0.6 is 0 Å². The van der Waals surface area contributed by atoms with E-state index in [0.29, 0.717) is 6.42 Å². The van der Waals surface area contributed by atoms with E-state index in [0.717, 1.165) is 22.9 Å². The van der Waals surface area contributed by atoms with Crippen LogP contribution in [-0.2, 0) is 21.1 Å². The van der Waals surface area contributed by atoms with Gasteiger partial charge >= 0.3 is 5.97 Å². The molecule has 33 heavy (non-hydrogen) atoms. The van der Waals surface area contributed by atoms with Crippen molar-refractivity contribution in [3.8, 4) is 11.1 Å². The van der Waals surface area contributed by atoms with Crippen LogP contribution in [0.3, 0.4) is 0 Å². The summed E-state index contributed by atoms with van der Waals surface area (Å²) >= 11 is 0. The molecule has 3 aromatic rings. The minimum Gasteiger partial charge on any atom is -0.481 e. The molecule has 0 aromatic heterocycles. The van der Waals surface area contributed by atoms with Crippen molar-refractivity contribution in [1.82, 2.24) is 5.32 Å². The molecule has 0 spiro atoms. The first-order valence-corrected chi connectivity index (χ1v) is 12.5. The monoisotopic (exact) mass is 465 g/mol. The summed E-state index contributed by atoms with van der Waals surface area (Å²) in [7, 11) is -3.45. The van der Waals surface area contributed by atoms with Gasteiger partial charge in [-0.15, -0.1) is 0 Å². The Morgan fingerprint density at radius 1 is 0.909 bits per heavy atom. The van der Waals surface area contributed by atoms with Crippen LogP contribution < -0.4 is 5.32 Å². The molecule has 0 aliphatic rings. The second-order valence-corrected chi connectivity index (χ2v) is 10.2. The SMILES string of the molecule is C[C@H](C[C@@H](Cc1ccc(-c2ccccc2)cc1)NC(=O)c1cccc(S(C)(=O)=O)c1)C(=O)O. The minimum absolute atomic E-state index is 0.0575. The van der Waals surface area contributed by atoms with E-state index in [2.05, 4.69) is 5.32 Å². The third kappa shape index (κ3) is 6.76. The summed E-state index contributed by atoms with van der Waals surface area (Å²) in [5.41, 5.74) is 3.34. The molecule has 0 fully saturated rings. The van der Waals surface area contributed by atoms with E-state index in [9.17, 15) is 23.1 Å². The number of carbonyl (C=O) groups excluding carboxylic acids is 1. The zero-order valence-electron chi connectivity index (χ0n) is 18.6. The topological polar surface area (TPSA) is 101 Å². The van der Waals surface area contributed by atoms with Crippen LogP contribution in [0.2, 0.25) is 0 Å². The third-order valence-electron chi connectivity index (χ3n) is 5.46. The summed E-state index contributed by atoms with van der Waals surface area (Å²) in [6.45, 7) is 1.60. The van der Waals surface area contributed by atoms with Crippen LogP contribution in [0.5, 0.6) is 0 Å². The minimum atomic E-state index is -3.45. The lowest BCUT2D eigenvalue weighted by Crippen LogP contribution is -2.38. The number of nitrogens with one attached hydrogen (secondary N) is 1. The standard InChI is InChI=1S/C26H27NO5S/c1-18(26(29)30)15-23(27-25(28)22-9-6-10-24(17-22)33(2,31)32)16-19-11-13-21(14-12-19)20-7-4-3-5-8-20/h3-14,17-18,23H,15-16H2,1-2H3,(H,27,28)(H,29,30)/t18-,23+/m1/s1. The molecule has 0 heterocycles. The molecule has 2 atom stereocenters. The Morgan fingerprint density at radius 2 is 1.55 bits per heavy atom. The number of benzene rings is 3. The summed E-state index contributed by atoms with van der Waals surface area (Å²) in [5.74, 6) is -2.03. The van der Waals surface area contributed by atoms with Crippen molar-refractivity contribution >= 4 is 21.7 Å². The van der Waals surface area contributed by atoms with Gasteiger partial charge in [0.05, 0.1) is 10.8 Å². The molecule has 7 heteroatoms. The van der Waals surface area contributed by atoms with E-state index in [-0.39, 0.29) is 16.9 Å². The van der Waals surface area contributed by atoms with Gasteiger partial charge in [0, 0.05) is 17.9 Å². The number of amides is 1. The molecular formula is C26H27NO5S. The zero-order chi connectivity index (χ0) is 24.0. The number of carbonyl (C=O) groups is 2. The first kappa shape index (κ1) is 24.2. The highest BCUT2D eigenvalue weighted by atomic mass is 32.2. The van der Waals surface area contributed by atoms with Gasteiger partial charge in [0.25, 0.3) is 5.91 Å². The quantitative estimate of drug-likeness (QED) is 0.493. The number of aliphatic carboxylic acids is 1. The Balaban J connectivity index is 1.79. The van der Waals surface area contributed by atoms with E-state index >= 15 is 0 Å². The van der Waals surface area contributed by atoms with Crippen LogP contribution in [0.1, 0.15) is 29.3 Å². The van der Waals surface area contributed by atoms with Crippen molar-refractivity contribution < 1.29 is 23.1 Å². The molecule has 0 unspecified atom stereocenters. The molecule has 0 saturated heterocycles. The van der Waals surface area contributed by atoms with E-state index in [4.69, 9.17) is 0 Å². The molecule has 172 valence electrons. The number of hydrogen-bond acceptors (Lipinski definition) is 4. The molecule has 1 amide bonds. The first-order chi connectivity index (χ1) is 15.6. The Kier molecular flexibility index (Phi) is 7.66. The highest BCUT2D eigenvalue weighted by Crippen LogP contribution is 2.21. The fraction of sp³-hybridized carbons (Fsp3) is 0.231. The molecule has 6 nitrogen and oxygen atoms in total. The van der Waals surface area contributed by atoms with Crippen molar-refractivity contribution in [3.63, 3.8) is 0 Å². The largest absolute Gasteiger partial charge is 0.481 e. The highest BCUT2D eigenvalue weighted by molar-refractivity contribution is 7.90. The lowest BCUT2D eigenvalue weighted by atomic mass is 9.94. The summed E-state index contributed by atoms with van der Waals surface area (Å²) in [4.78, 5) is 24.3. The van der Waals surface area contributed by atoms with Crippen molar-refractivity contribution in [2.24, 2.45) is 5.92 Å². The van der Waals surface area contributed by atoms with E-state index < -0.39 is 33.7 Å². The van der Waals surface area contributed by atoms with E-state index in [1.54, 1.807) is 6.92 Å². The fourth-order valence-corrected chi connectivity index (χ4v) is 4.27. The van der Waals surface area contributed by atoms with Gasteiger partial charge in [0.1, 0.15) is 0 Å². The van der Waals surface area contributed by atoms with Crippen molar-refractivity contribution in [2.75, 3.05) is 6.26 Å². The molecular weight excluding hydrogens is 438 g/mol. The molecule has 0 radical (unpaired) electrons. The molecule has 3 aromatic carbocycles. The van der Waals surface area contributed by atoms with Crippen LogP contribution in [-0.4, -0.2) is 37.7 Å². The molecule has 0 aliphatic heterocycles. The van der Waals surface area contributed by atoms with Gasteiger partial charge in [-0.25, -0.2) is 8.42 Å².